The molecular formula is C84H140N2. The van der Waals surface area contributed by atoms with Crippen LogP contribution in [0.2, 0.25) is 0 Å². The summed E-state index contributed by atoms with van der Waals surface area (Å²) in [5.74, 6) is 14.5. The van der Waals surface area contributed by atoms with Crippen molar-refractivity contribution in [2.24, 2.45) is 0 Å². The fourth-order valence-corrected chi connectivity index (χ4v) is 13.3. The second-order valence-corrected chi connectivity index (χ2v) is 27.2. The van der Waals surface area contributed by atoms with Crippen molar-refractivity contribution in [1.82, 2.24) is 0 Å². The number of hydrogen-bond donors (Lipinski definition) is 0. The topological polar surface area (TPSA) is 25.3 Å². The monoisotopic (exact) mass is 1180 g/mol. The first-order chi connectivity index (χ1) is 42.5. The Hall–Kier alpha value is -3.36. The zero-order valence-corrected chi connectivity index (χ0v) is 58.4. The Morgan fingerprint density at radius 2 is 0.488 bits per heavy atom. The van der Waals surface area contributed by atoms with Crippen molar-refractivity contribution in [2.45, 2.75) is 414 Å². The van der Waals surface area contributed by atoms with Gasteiger partial charge in [0.25, 0.3) is 0 Å². The van der Waals surface area contributed by atoms with Crippen molar-refractivity contribution in [3.05, 3.63) is 86.5 Å². The predicted molar refractivity (Wildman–Crippen MR) is 384 cm³/mol. The molecule has 1 aliphatic rings. The molecule has 1 heterocycles. The Bertz CT molecular complexity index is 2050. The summed E-state index contributed by atoms with van der Waals surface area (Å²) in [5.41, 5.74) is 24.5. The molecule has 0 bridgehead atoms. The first kappa shape index (κ1) is 76.9. The van der Waals surface area contributed by atoms with E-state index in [1.165, 1.54) is 336 Å². The van der Waals surface area contributed by atoms with Crippen LogP contribution >= 0.6 is 0 Å². The Kier molecular flexibility index (Phi) is 49.8. The van der Waals surface area contributed by atoms with Crippen LogP contribution < -0.4 is 0 Å². The molecule has 0 fully saturated rings. The lowest BCUT2D eigenvalue weighted by atomic mass is 9.90. The maximum Gasteiger partial charge on any atom is 0.211 e. The highest BCUT2D eigenvalue weighted by Crippen LogP contribution is 2.45. The summed E-state index contributed by atoms with van der Waals surface area (Å²) in [5, 5.41) is 0. The third-order valence-corrected chi connectivity index (χ3v) is 18.9. The minimum Gasteiger partial charge on any atom is -0.493 e. The Balaban J connectivity index is 1.56. The van der Waals surface area contributed by atoms with Gasteiger partial charge in [0.2, 0.25) is 11.4 Å². The Morgan fingerprint density at radius 3 is 0.756 bits per heavy atom. The summed E-state index contributed by atoms with van der Waals surface area (Å²) < 4.78 is 1.61. The van der Waals surface area contributed by atoms with E-state index in [0.717, 1.165) is 92.3 Å². The van der Waals surface area contributed by atoms with Gasteiger partial charge in [0.1, 0.15) is 0 Å². The third-order valence-electron chi connectivity index (χ3n) is 18.9. The molecule has 2 aromatic rings. The molecule has 0 aliphatic carbocycles. The largest absolute Gasteiger partial charge is 0.493 e. The predicted octanol–water partition coefficient (Wildman–Crippen LogP) is 28.6. The van der Waals surface area contributed by atoms with Crippen LogP contribution in [0.15, 0.2) is 47.5 Å². The highest BCUT2D eigenvalue weighted by Gasteiger charge is 2.36. The van der Waals surface area contributed by atoms with Crippen molar-refractivity contribution < 1.29 is 4.70 Å². The normalized spacial score (nSPS) is 12.4. The molecule has 0 saturated carbocycles. The smallest absolute Gasteiger partial charge is 0.211 e. The Labute approximate surface area is 537 Å². The molecule has 1 aliphatic heterocycles. The number of unbranched alkanes of at least 4 members (excludes halogenated alkanes) is 48. The molecule has 0 atom stereocenters. The van der Waals surface area contributed by atoms with Gasteiger partial charge in [0.05, 0.1) is 0 Å². The summed E-state index contributed by atoms with van der Waals surface area (Å²) in [4.78, 5) is 0. The Morgan fingerprint density at radius 1 is 0.256 bits per heavy atom. The van der Waals surface area contributed by atoms with Gasteiger partial charge in [-0.05, 0) is 106 Å². The van der Waals surface area contributed by atoms with Crippen LogP contribution in [0.4, 0.5) is 0 Å². The maximum absolute atomic E-state index is 12.8. The number of rotatable bonds is 58. The molecule has 0 unspecified atom stereocenters. The van der Waals surface area contributed by atoms with Crippen molar-refractivity contribution in [1.29, 1.82) is 0 Å². The molecule has 0 spiro atoms. The lowest BCUT2D eigenvalue weighted by molar-refractivity contribution is -0.345. The molecule has 0 radical (unpaired) electrons. The van der Waals surface area contributed by atoms with Gasteiger partial charge in [-0.25, -0.2) is 4.70 Å². The summed E-state index contributed by atoms with van der Waals surface area (Å²) >= 11 is 0. The first-order valence-electron chi connectivity index (χ1n) is 38.7. The van der Waals surface area contributed by atoms with Crippen molar-refractivity contribution in [3.63, 3.8) is 0 Å². The molecule has 2 nitrogen and oxygen atoms in total. The number of nitrogens with zero attached hydrogens (tertiary/aromatic N) is 2. The van der Waals surface area contributed by atoms with Crippen LogP contribution in [-0.2, 0) is 12.8 Å². The molecule has 0 N–H and O–H groups in total. The van der Waals surface area contributed by atoms with Crippen LogP contribution in [0, 0.1) is 23.7 Å². The average Bonchev–Trinajstić information content (AvgIpc) is 1.92. The molecular weight excluding hydrogens is 1040 g/mol. The zero-order chi connectivity index (χ0) is 61.4. The van der Waals surface area contributed by atoms with E-state index < -0.39 is 0 Å². The minimum atomic E-state index is 0.933. The van der Waals surface area contributed by atoms with E-state index in [2.05, 4.69) is 102 Å². The standard InChI is InChI=1S/C84H140N2/c1-7-13-19-21-23-25-27-29-31-33-35-37-39-41-43-45-47-49-51-53-55-57-59-61-65-77-70-78(66-62-60-58-56-54-52-50-48-46-44-42-40-38-36-34-32-30-28-26-24-22-20-14-8-2)74-80(73-77)84-82(68-18-12-6)81(67-17-11-5)83(86(84)85)79-71-75(63-15-9-3)69-76(72-79)64-16-10-4/h69-74H,7-60,63-64,67-68H2,1-6H3. The lowest BCUT2D eigenvalue weighted by Gasteiger charge is -2.13. The molecule has 0 saturated heterocycles. The van der Waals surface area contributed by atoms with Crippen molar-refractivity contribution in [3.8, 4) is 23.7 Å². The van der Waals surface area contributed by atoms with E-state index in [1.807, 2.05) is 0 Å². The van der Waals surface area contributed by atoms with Crippen LogP contribution in [0.3, 0.4) is 0 Å². The molecule has 86 heavy (non-hydrogen) atoms. The van der Waals surface area contributed by atoms with E-state index >= 15 is 0 Å². The molecule has 2 heteroatoms. The van der Waals surface area contributed by atoms with Crippen molar-refractivity contribution in [2.75, 3.05) is 0 Å². The van der Waals surface area contributed by atoms with Gasteiger partial charge < -0.3 is 5.53 Å². The van der Waals surface area contributed by atoms with Gasteiger partial charge in [0, 0.05) is 46.2 Å². The van der Waals surface area contributed by atoms with Crippen LogP contribution in [-0.4, -0.2) is 4.70 Å². The zero-order valence-electron chi connectivity index (χ0n) is 58.4. The second kappa shape index (κ2) is 55.7. The number of benzene rings is 2. The molecule has 0 aromatic heterocycles. The maximum atomic E-state index is 12.8. The van der Waals surface area contributed by atoms with E-state index in [0.29, 0.717) is 0 Å². The SMILES string of the molecule is CCCCCCCCCCCCCCCCCCCCCCCCC#Cc1cc(C#CCCCCCCCCCCCCCCCCCCCCCCCC)cc(C2=C(CCCC)C(CCCC)=C(c3cc(CCCC)cc(CCCC)c3)[N+]2=[N-])c1. The third kappa shape index (κ3) is 37.6. The lowest BCUT2D eigenvalue weighted by Crippen LogP contribution is -2.05. The van der Waals surface area contributed by atoms with Gasteiger partial charge in [-0.15, -0.1) is 0 Å². The summed E-state index contributed by atoms with van der Waals surface area (Å²) in [6.45, 7) is 13.8. The van der Waals surface area contributed by atoms with E-state index in [-0.39, 0.29) is 0 Å². The molecule has 486 valence electrons. The average molecular weight is 1180 g/mol. The van der Waals surface area contributed by atoms with Gasteiger partial charge in [-0.2, -0.15) is 0 Å². The summed E-state index contributed by atoms with van der Waals surface area (Å²) in [7, 11) is 0. The highest BCUT2D eigenvalue weighted by atomic mass is 15.2. The van der Waals surface area contributed by atoms with Crippen LogP contribution in [0.1, 0.15) is 434 Å². The first-order valence-corrected chi connectivity index (χ1v) is 38.7. The number of aryl methyl sites for hydroxylation is 2. The molecule has 2 aromatic carbocycles. The quantitative estimate of drug-likeness (QED) is 0.0358. The molecule has 0 amide bonds. The molecule has 3 rings (SSSR count). The summed E-state index contributed by atoms with van der Waals surface area (Å²) in [6.07, 6.45) is 77.2. The fraction of sp³-hybridized carbons (Fsp3) is 0.762. The van der Waals surface area contributed by atoms with Gasteiger partial charge in [-0.1, -0.05) is 367 Å². The van der Waals surface area contributed by atoms with Crippen LogP contribution in [0.5, 0.6) is 0 Å². The van der Waals surface area contributed by atoms with E-state index in [9.17, 15) is 5.53 Å². The van der Waals surface area contributed by atoms with E-state index in [4.69, 9.17) is 0 Å². The van der Waals surface area contributed by atoms with Crippen molar-refractivity contribution >= 4 is 11.4 Å². The summed E-state index contributed by atoms with van der Waals surface area (Å²) in [6, 6.07) is 14.0. The number of allylic oxidation sites excluding steroid dienone is 2. The van der Waals surface area contributed by atoms with Gasteiger partial charge in [-0.3, -0.25) is 0 Å². The fourth-order valence-electron chi connectivity index (χ4n) is 13.3. The van der Waals surface area contributed by atoms with Gasteiger partial charge in [0.15, 0.2) is 0 Å². The minimum absolute atomic E-state index is 0.933. The highest BCUT2D eigenvalue weighted by molar-refractivity contribution is 5.83. The number of hydrogen-bond acceptors (Lipinski definition) is 0. The second-order valence-electron chi connectivity index (χ2n) is 27.2. The van der Waals surface area contributed by atoms with Crippen LogP contribution in [0.25, 0.3) is 16.9 Å². The van der Waals surface area contributed by atoms with E-state index in [1.54, 1.807) is 4.70 Å². The van der Waals surface area contributed by atoms with Gasteiger partial charge >= 0.3 is 0 Å².